The molecule has 224 valence electrons. The monoisotopic (exact) mass is 572 g/mol. The summed E-state index contributed by atoms with van der Waals surface area (Å²) in [6, 6.07) is 6.23. The molecule has 0 spiro atoms. The summed E-state index contributed by atoms with van der Waals surface area (Å²) in [7, 11) is 0. The Balaban J connectivity index is 1.05. The van der Waals surface area contributed by atoms with Crippen LogP contribution >= 0.6 is 0 Å². The third-order valence-electron chi connectivity index (χ3n) is 9.93. The van der Waals surface area contributed by atoms with E-state index in [0.717, 1.165) is 76.3 Å². The fraction of sp³-hybridized carbons (Fsp3) is 0.588. The number of aromatic nitrogens is 2. The average molecular weight is 573 g/mol. The molecule has 1 aromatic heterocycles. The van der Waals surface area contributed by atoms with Gasteiger partial charge in [0, 0.05) is 57.5 Å². The second-order valence-corrected chi connectivity index (χ2v) is 12.8. The van der Waals surface area contributed by atoms with Gasteiger partial charge in [-0.15, -0.1) is 0 Å². The predicted octanol–water partition coefficient (Wildman–Crippen LogP) is 4.74. The Hall–Kier alpha value is -3.10. The van der Waals surface area contributed by atoms with E-state index in [4.69, 9.17) is 9.84 Å². The van der Waals surface area contributed by atoms with E-state index in [0.29, 0.717) is 31.1 Å². The van der Waals surface area contributed by atoms with Gasteiger partial charge in [0.15, 0.2) is 6.29 Å². The molecule has 1 saturated heterocycles. The SMILES string of the molecule is CC1(C2CCN(c3ncc(C4CC4)cn3)CC2)Cc2cc(C3=CCN(C(CCCCCO)C(=O)C=O)CC3)ccc2O1. The molecular formula is C34H44N4O4. The summed E-state index contributed by atoms with van der Waals surface area (Å²) in [5.41, 5.74) is 4.87. The molecule has 0 radical (unpaired) electrons. The van der Waals surface area contributed by atoms with Crippen LogP contribution in [0.4, 0.5) is 5.95 Å². The van der Waals surface area contributed by atoms with Gasteiger partial charge in [0.1, 0.15) is 11.4 Å². The van der Waals surface area contributed by atoms with Crippen LogP contribution < -0.4 is 9.64 Å². The van der Waals surface area contributed by atoms with Crippen LogP contribution in [0.25, 0.3) is 5.57 Å². The van der Waals surface area contributed by atoms with E-state index in [1.165, 1.54) is 35.1 Å². The van der Waals surface area contributed by atoms with Gasteiger partial charge >= 0.3 is 0 Å². The Bertz CT molecular complexity index is 1300. The average Bonchev–Trinajstić information content (AvgIpc) is 3.82. The quantitative estimate of drug-likeness (QED) is 0.221. The molecule has 2 unspecified atom stereocenters. The van der Waals surface area contributed by atoms with Gasteiger partial charge in [0.05, 0.1) is 6.04 Å². The Morgan fingerprint density at radius 3 is 2.57 bits per heavy atom. The highest BCUT2D eigenvalue weighted by Gasteiger charge is 2.43. The van der Waals surface area contributed by atoms with Crippen LogP contribution in [-0.2, 0) is 16.0 Å². The van der Waals surface area contributed by atoms with Crippen molar-refractivity contribution in [2.45, 2.75) is 88.7 Å². The van der Waals surface area contributed by atoms with E-state index < -0.39 is 0 Å². The maximum absolute atomic E-state index is 12.4. The molecule has 42 heavy (non-hydrogen) atoms. The number of aliphatic hydroxyl groups is 1. The highest BCUT2D eigenvalue weighted by molar-refractivity contribution is 6.27. The summed E-state index contributed by atoms with van der Waals surface area (Å²) in [5, 5.41) is 9.04. The normalized spacial score (nSPS) is 23.7. The minimum Gasteiger partial charge on any atom is -0.487 e. The number of carbonyl (C=O) groups is 2. The van der Waals surface area contributed by atoms with Crippen LogP contribution in [-0.4, -0.2) is 76.5 Å². The molecule has 2 fully saturated rings. The number of aldehydes is 1. The Morgan fingerprint density at radius 1 is 1.12 bits per heavy atom. The second kappa shape index (κ2) is 12.6. The molecule has 1 aliphatic carbocycles. The van der Waals surface area contributed by atoms with Crippen LogP contribution in [0.5, 0.6) is 5.75 Å². The van der Waals surface area contributed by atoms with Crippen LogP contribution in [0.1, 0.15) is 87.3 Å². The third kappa shape index (κ3) is 6.30. The maximum atomic E-state index is 12.4. The van der Waals surface area contributed by atoms with Crippen LogP contribution in [0.2, 0.25) is 0 Å². The molecule has 6 rings (SSSR count). The van der Waals surface area contributed by atoms with E-state index in [2.05, 4.69) is 51.0 Å². The second-order valence-electron chi connectivity index (χ2n) is 12.8. The van der Waals surface area contributed by atoms with Crippen molar-refractivity contribution in [3.8, 4) is 5.75 Å². The number of unbranched alkanes of at least 4 members (excludes halogenated alkanes) is 2. The van der Waals surface area contributed by atoms with Crippen molar-refractivity contribution in [1.29, 1.82) is 0 Å². The van der Waals surface area contributed by atoms with E-state index in [9.17, 15) is 9.59 Å². The van der Waals surface area contributed by atoms with Crippen molar-refractivity contribution in [2.75, 3.05) is 37.7 Å². The minimum absolute atomic E-state index is 0.164. The van der Waals surface area contributed by atoms with Crippen molar-refractivity contribution in [3.63, 3.8) is 0 Å². The number of benzene rings is 1. The van der Waals surface area contributed by atoms with Gasteiger partial charge in [0.2, 0.25) is 11.7 Å². The lowest BCUT2D eigenvalue weighted by molar-refractivity contribution is -0.133. The van der Waals surface area contributed by atoms with Crippen LogP contribution in [0.15, 0.2) is 36.7 Å². The van der Waals surface area contributed by atoms with Crippen molar-refractivity contribution in [1.82, 2.24) is 14.9 Å². The van der Waals surface area contributed by atoms with E-state index >= 15 is 0 Å². The van der Waals surface area contributed by atoms with Crippen molar-refractivity contribution in [2.24, 2.45) is 5.92 Å². The Labute approximate surface area is 249 Å². The number of carbonyl (C=O) groups excluding carboxylic acids is 2. The van der Waals surface area contributed by atoms with E-state index in [1.54, 1.807) is 0 Å². The minimum atomic E-state index is -0.367. The zero-order valence-corrected chi connectivity index (χ0v) is 24.8. The highest BCUT2D eigenvalue weighted by Crippen LogP contribution is 2.44. The highest BCUT2D eigenvalue weighted by atomic mass is 16.5. The zero-order chi connectivity index (χ0) is 29.1. The first-order valence-corrected chi connectivity index (χ1v) is 15.9. The summed E-state index contributed by atoms with van der Waals surface area (Å²) in [6.45, 7) is 5.76. The van der Waals surface area contributed by atoms with Gasteiger partial charge in [-0.3, -0.25) is 14.5 Å². The molecular weight excluding hydrogens is 528 g/mol. The number of anilines is 1. The van der Waals surface area contributed by atoms with E-state index in [-0.39, 0.29) is 24.0 Å². The largest absolute Gasteiger partial charge is 0.487 e. The summed E-state index contributed by atoms with van der Waals surface area (Å²) in [5.74, 6) is 2.67. The lowest BCUT2D eigenvalue weighted by Crippen LogP contribution is -2.46. The van der Waals surface area contributed by atoms with Gasteiger partial charge in [-0.1, -0.05) is 25.0 Å². The number of nitrogens with zero attached hydrogens (tertiary/aromatic N) is 4. The van der Waals surface area contributed by atoms with E-state index in [1.807, 2.05) is 12.4 Å². The molecule has 8 nitrogen and oxygen atoms in total. The predicted molar refractivity (Wildman–Crippen MR) is 163 cm³/mol. The first-order valence-electron chi connectivity index (χ1n) is 15.9. The smallest absolute Gasteiger partial charge is 0.225 e. The molecule has 1 N–H and O–H groups in total. The number of aliphatic hydroxyl groups excluding tert-OH is 1. The zero-order valence-electron chi connectivity index (χ0n) is 24.8. The van der Waals surface area contributed by atoms with Gasteiger partial charge in [-0.2, -0.15) is 0 Å². The molecule has 2 atom stereocenters. The molecule has 4 aliphatic rings. The molecule has 8 heteroatoms. The van der Waals surface area contributed by atoms with Crippen LogP contribution in [0.3, 0.4) is 0 Å². The fourth-order valence-electron chi connectivity index (χ4n) is 7.16. The standard InChI is InChI=1S/C34H44N4O4/c1-34(29-12-16-38(17-13-29)33-35-21-28(22-36-33)24-6-7-24)20-27-19-26(8-9-32(27)42-34)25-10-14-37(15-11-25)30(31(41)23-40)5-3-2-4-18-39/h8-10,19,21-24,29-30,39H,2-7,11-18,20H2,1H3. The summed E-state index contributed by atoms with van der Waals surface area (Å²) >= 11 is 0. The molecule has 1 saturated carbocycles. The number of ketones is 1. The lowest BCUT2D eigenvalue weighted by atomic mass is 9.79. The van der Waals surface area contributed by atoms with Crippen molar-refractivity contribution in [3.05, 3.63) is 53.4 Å². The maximum Gasteiger partial charge on any atom is 0.225 e. The molecule has 2 aromatic rings. The van der Waals surface area contributed by atoms with Gasteiger partial charge in [-0.25, -0.2) is 9.97 Å². The molecule has 0 amide bonds. The van der Waals surface area contributed by atoms with Gasteiger partial charge < -0.3 is 14.7 Å². The number of ether oxygens (including phenoxy) is 1. The van der Waals surface area contributed by atoms with Crippen LogP contribution in [0, 0.1) is 5.92 Å². The van der Waals surface area contributed by atoms with Crippen molar-refractivity contribution >= 4 is 23.6 Å². The van der Waals surface area contributed by atoms with Gasteiger partial charge in [0.25, 0.3) is 0 Å². The first-order chi connectivity index (χ1) is 20.5. The number of rotatable bonds is 12. The fourth-order valence-corrected chi connectivity index (χ4v) is 7.16. The molecule has 0 bridgehead atoms. The first kappa shape index (κ1) is 29.0. The number of Topliss-reactive ketones (excluding diaryl/α,β-unsaturated/α-hetero) is 1. The van der Waals surface area contributed by atoms with Crippen molar-refractivity contribution < 1.29 is 19.4 Å². The molecule has 4 heterocycles. The lowest BCUT2D eigenvalue weighted by Gasteiger charge is -2.40. The Morgan fingerprint density at radius 2 is 1.90 bits per heavy atom. The summed E-state index contributed by atoms with van der Waals surface area (Å²) < 4.78 is 6.64. The summed E-state index contributed by atoms with van der Waals surface area (Å²) in [6.07, 6.45) is 16.2. The topological polar surface area (TPSA) is 95.9 Å². The molecule has 3 aliphatic heterocycles. The van der Waals surface area contributed by atoms with Gasteiger partial charge in [-0.05, 0) is 92.2 Å². The number of hydrogen-bond donors (Lipinski definition) is 1. The number of fused-ring (bicyclic) bond motifs is 1. The third-order valence-corrected chi connectivity index (χ3v) is 9.93. The number of piperidine rings is 1. The summed E-state index contributed by atoms with van der Waals surface area (Å²) in [4.78, 5) is 37.5. The number of hydrogen-bond acceptors (Lipinski definition) is 8. The Kier molecular flexibility index (Phi) is 8.72. The molecule has 1 aromatic carbocycles.